The van der Waals surface area contributed by atoms with E-state index in [1.54, 1.807) is 0 Å². The van der Waals surface area contributed by atoms with Crippen LogP contribution in [0.3, 0.4) is 0 Å². The van der Waals surface area contributed by atoms with Gasteiger partial charge in [-0.2, -0.15) is 10.2 Å². The van der Waals surface area contributed by atoms with Crippen molar-refractivity contribution < 1.29 is 5.11 Å². The Bertz CT molecular complexity index is 770. The highest BCUT2D eigenvalue weighted by Crippen LogP contribution is 2.20. The third-order valence-electron chi connectivity index (χ3n) is 3.82. The van der Waals surface area contributed by atoms with Crippen LogP contribution in [0.15, 0.2) is 24.3 Å². The fourth-order valence-electron chi connectivity index (χ4n) is 2.66. The molecule has 3 rings (SSSR count). The lowest BCUT2D eigenvalue weighted by molar-refractivity contribution is 0.280. The number of para-hydroxylation sites is 1. The predicted octanol–water partition coefficient (Wildman–Crippen LogP) is 1.93. The molecule has 1 N–H and O–H groups in total. The molecular weight excluding hydrogens is 252 g/mol. The predicted molar refractivity (Wildman–Crippen MR) is 77.4 cm³/mol. The van der Waals surface area contributed by atoms with Gasteiger partial charge in [-0.3, -0.25) is 9.36 Å². The molecule has 0 saturated carbocycles. The molecule has 0 unspecified atom stereocenters. The zero-order chi connectivity index (χ0) is 14.3. The van der Waals surface area contributed by atoms with Crippen molar-refractivity contribution in [1.29, 1.82) is 0 Å². The average molecular weight is 270 g/mol. The second-order valence-electron chi connectivity index (χ2n) is 5.05. The first-order valence-corrected chi connectivity index (χ1v) is 6.66. The molecule has 0 aliphatic heterocycles. The van der Waals surface area contributed by atoms with Crippen molar-refractivity contribution in [1.82, 2.24) is 19.6 Å². The normalized spacial score (nSPS) is 11.4. The number of nitrogens with zero attached hydrogens (tertiary/aromatic N) is 4. The quantitative estimate of drug-likeness (QED) is 0.791. The van der Waals surface area contributed by atoms with E-state index in [4.69, 9.17) is 0 Å². The molecule has 0 amide bonds. The molecule has 0 aliphatic rings. The Hall–Kier alpha value is -2.14. The summed E-state index contributed by atoms with van der Waals surface area (Å²) in [5.74, 6) is 0. The highest BCUT2D eigenvalue weighted by atomic mass is 16.3. The Morgan fingerprint density at radius 2 is 1.90 bits per heavy atom. The number of rotatable bonds is 3. The highest BCUT2D eigenvalue weighted by molar-refractivity contribution is 5.81. The molecule has 0 saturated heterocycles. The lowest BCUT2D eigenvalue weighted by Gasteiger charge is -2.03. The molecule has 0 atom stereocenters. The number of aliphatic hydroxyl groups is 1. The van der Waals surface area contributed by atoms with Crippen molar-refractivity contribution in [2.45, 2.75) is 27.0 Å². The molecule has 3 aromatic rings. The van der Waals surface area contributed by atoms with Crippen LogP contribution in [0.5, 0.6) is 0 Å². The van der Waals surface area contributed by atoms with Crippen LogP contribution in [0, 0.1) is 13.8 Å². The Labute approximate surface area is 117 Å². The number of aryl methyl sites for hydroxylation is 2. The molecule has 0 aliphatic carbocycles. The minimum absolute atomic E-state index is 0.0284. The lowest BCUT2D eigenvalue weighted by atomic mass is 10.2. The van der Waals surface area contributed by atoms with E-state index in [-0.39, 0.29) is 6.61 Å². The van der Waals surface area contributed by atoms with E-state index in [1.807, 2.05) is 42.4 Å². The number of hydrogen-bond acceptors (Lipinski definition) is 3. The zero-order valence-corrected chi connectivity index (χ0v) is 12.0. The van der Waals surface area contributed by atoms with Gasteiger partial charge in [-0.1, -0.05) is 18.2 Å². The van der Waals surface area contributed by atoms with Gasteiger partial charge in [0, 0.05) is 23.7 Å². The summed E-state index contributed by atoms with van der Waals surface area (Å²) in [5.41, 5.74) is 4.90. The summed E-state index contributed by atoms with van der Waals surface area (Å²) in [6, 6.07) is 8.18. The van der Waals surface area contributed by atoms with E-state index >= 15 is 0 Å². The smallest absolute Gasteiger partial charge is 0.0918 e. The van der Waals surface area contributed by atoms with Crippen LogP contribution >= 0.6 is 0 Å². The summed E-state index contributed by atoms with van der Waals surface area (Å²) in [6.07, 6.45) is 0. The van der Waals surface area contributed by atoms with Gasteiger partial charge in [-0.15, -0.1) is 0 Å². The second kappa shape index (κ2) is 4.76. The van der Waals surface area contributed by atoms with Crippen molar-refractivity contribution in [2.75, 3.05) is 0 Å². The molecule has 0 radical (unpaired) electrons. The highest BCUT2D eigenvalue weighted by Gasteiger charge is 2.14. The molecule has 2 heterocycles. The Kier molecular flexibility index (Phi) is 3.06. The van der Waals surface area contributed by atoms with Crippen molar-refractivity contribution >= 4 is 10.9 Å². The van der Waals surface area contributed by atoms with E-state index in [9.17, 15) is 5.11 Å². The number of aliphatic hydroxyl groups excluding tert-OH is 1. The van der Waals surface area contributed by atoms with Crippen LogP contribution in [0.1, 0.15) is 22.6 Å². The molecule has 0 spiro atoms. The Balaban J connectivity index is 2.06. The molecule has 20 heavy (non-hydrogen) atoms. The molecule has 104 valence electrons. The molecule has 0 bridgehead atoms. The largest absolute Gasteiger partial charge is 0.392 e. The Morgan fingerprint density at radius 1 is 1.15 bits per heavy atom. The van der Waals surface area contributed by atoms with Gasteiger partial charge >= 0.3 is 0 Å². The molecule has 2 aromatic heterocycles. The van der Waals surface area contributed by atoms with Crippen LogP contribution in [-0.4, -0.2) is 24.7 Å². The zero-order valence-electron chi connectivity index (χ0n) is 12.0. The molecule has 0 fully saturated rings. The van der Waals surface area contributed by atoms with Gasteiger partial charge in [0.1, 0.15) is 0 Å². The molecule has 5 nitrogen and oxygen atoms in total. The first kappa shape index (κ1) is 12.9. The van der Waals surface area contributed by atoms with Gasteiger partial charge in [0.25, 0.3) is 0 Å². The van der Waals surface area contributed by atoms with E-state index in [0.717, 1.165) is 33.5 Å². The summed E-state index contributed by atoms with van der Waals surface area (Å²) in [4.78, 5) is 0. The van der Waals surface area contributed by atoms with Gasteiger partial charge in [0.15, 0.2) is 0 Å². The van der Waals surface area contributed by atoms with Crippen molar-refractivity contribution in [3.05, 3.63) is 46.9 Å². The summed E-state index contributed by atoms with van der Waals surface area (Å²) < 4.78 is 3.80. The number of hydrogen-bond donors (Lipinski definition) is 1. The maximum absolute atomic E-state index is 9.38. The third-order valence-corrected chi connectivity index (χ3v) is 3.82. The fourth-order valence-corrected chi connectivity index (χ4v) is 2.66. The van der Waals surface area contributed by atoms with Crippen LogP contribution in [0.2, 0.25) is 0 Å². The number of fused-ring (bicyclic) bond motifs is 1. The van der Waals surface area contributed by atoms with E-state index in [2.05, 4.69) is 22.3 Å². The van der Waals surface area contributed by atoms with Crippen molar-refractivity contribution in [3.63, 3.8) is 0 Å². The minimum Gasteiger partial charge on any atom is -0.392 e. The lowest BCUT2D eigenvalue weighted by Crippen LogP contribution is -2.06. The van der Waals surface area contributed by atoms with Crippen molar-refractivity contribution in [2.24, 2.45) is 7.05 Å². The monoisotopic (exact) mass is 270 g/mol. The molecule has 1 aromatic carbocycles. The van der Waals surface area contributed by atoms with Crippen molar-refractivity contribution in [3.8, 4) is 0 Å². The van der Waals surface area contributed by atoms with Crippen LogP contribution in [-0.2, 0) is 20.2 Å². The second-order valence-corrected chi connectivity index (χ2v) is 5.05. The number of aromatic nitrogens is 4. The Morgan fingerprint density at radius 3 is 2.60 bits per heavy atom. The van der Waals surface area contributed by atoms with Gasteiger partial charge in [-0.05, 0) is 19.9 Å². The maximum atomic E-state index is 9.38. The molecular formula is C15H18N4O. The van der Waals surface area contributed by atoms with E-state index < -0.39 is 0 Å². The summed E-state index contributed by atoms with van der Waals surface area (Å²) in [6.45, 7) is 4.55. The van der Waals surface area contributed by atoms with Crippen LogP contribution in [0.4, 0.5) is 0 Å². The van der Waals surface area contributed by atoms with Crippen LogP contribution in [0.25, 0.3) is 10.9 Å². The summed E-state index contributed by atoms with van der Waals surface area (Å²) in [7, 11) is 1.95. The number of benzene rings is 1. The first-order chi connectivity index (χ1) is 9.61. The van der Waals surface area contributed by atoms with Crippen LogP contribution < -0.4 is 0 Å². The standard InChI is InChI=1S/C15H18N4O/c1-10-13(9-20)11(2)19(16-10)8-14-12-6-4-5-7-15(12)18(3)17-14/h4-7,20H,8-9H2,1-3H3. The minimum atomic E-state index is 0.0284. The maximum Gasteiger partial charge on any atom is 0.0918 e. The topological polar surface area (TPSA) is 55.9 Å². The summed E-state index contributed by atoms with van der Waals surface area (Å²) in [5, 5.41) is 19.6. The average Bonchev–Trinajstić information content (AvgIpc) is 2.89. The molecule has 5 heteroatoms. The third kappa shape index (κ3) is 1.91. The first-order valence-electron chi connectivity index (χ1n) is 6.66. The van der Waals surface area contributed by atoms with Gasteiger partial charge < -0.3 is 5.11 Å². The van der Waals surface area contributed by atoms with Gasteiger partial charge in [0.2, 0.25) is 0 Å². The van der Waals surface area contributed by atoms with E-state index in [0.29, 0.717) is 6.54 Å². The van der Waals surface area contributed by atoms with E-state index in [1.165, 1.54) is 0 Å². The fraction of sp³-hybridized carbons (Fsp3) is 0.333. The van der Waals surface area contributed by atoms with Gasteiger partial charge in [0.05, 0.1) is 30.1 Å². The summed E-state index contributed by atoms with van der Waals surface area (Å²) >= 11 is 0. The SMILES string of the molecule is Cc1nn(Cc2nn(C)c3ccccc23)c(C)c1CO. The van der Waals surface area contributed by atoms with Gasteiger partial charge in [-0.25, -0.2) is 0 Å².